The number of halogens is 1. The van der Waals surface area contributed by atoms with Gasteiger partial charge in [0.15, 0.2) is 5.69 Å². The van der Waals surface area contributed by atoms with Crippen LogP contribution in [0.25, 0.3) is 0 Å². The zero-order chi connectivity index (χ0) is 12.2. The van der Waals surface area contributed by atoms with E-state index >= 15 is 0 Å². The Balaban J connectivity index is 2.66. The lowest BCUT2D eigenvalue weighted by Gasteiger charge is -2.30. The van der Waals surface area contributed by atoms with E-state index in [4.69, 9.17) is 11.6 Å². The highest BCUT2D eigenvalue weighted by Crippen LogP contribution is 2.22. The summed E-state index contributed by atoms with van der Waals surface area (Å²) in [7, 11) is 0. The van der Waals surface area contributed by atoms with Gasteiger partial charge in [0, 0.05) is 17.3 Å². The highest BCUT2D eigenvalue weighted by Gasteiger charge is 2.26. The summed E-state index contributed by atoms with van der Waals surface area (Å²) in [5.41, 5.74) is 0.349. The van der Waals surface area contributed by atoms with Crippen molar-refractivity contribution in [1.29, 1.82) is 0 Å². The number of carbonyl (C=O) groups excluding carboxylic acids is 1. The molecule has 1 amide bonds. The molecule has 0 aliphatic heterocycles. The number of aromatic nitrogens is 2. The second kappa shape index (κ2) is 5.59. The molecule has 0 aromatic carbocycles. The van der Waals surface area contributed by atoms with Crippen LogP contribution in [0.4, 0.5) is 0 Å². The predicted octanol–water partition coefficient (Wildman–Crippen LogP) is 2.31. The molecule has 0 bridgehead atoms. The summed E-state index contributed by atoms with van der Waals surface area (Å²) < 4.78 is 3.66. The van der Waals surface area contributed by atoms with Gasteiger partial charge in [-0.2, -0.15) is 0 Å². The first-order valence-electron chi connectivity index (χ1n) is 5.09. The van der Waals surface area contributed by atoms with Gasteiger partial charge in [0.05, 0.1) is 0 Å². The number of amides is 1. The van der Waals surface area contributed by atoms with Crippen LogP contribution in [0, 0.1) is 5.41 Å². The third-order valence-corrected chi connectivity index (χ3v) is 3.06. The van der Waals surface area contributed by atoms with Gasteiger partial charge in [0.1, 0.15) is 0 Å². The van der Waals surface area contributed by atoms with E-state index in [1.165, 1.54) is 11.5 Å². The summed E-state index contributed by atoms with van der Waals surface area (Å²) in [5, 5.41) is 8.31. The van der Waals surface area contributed by atoms with Crippen LogP contribution in [0.2, 0.25) is 0 Å². The van der Waals surface area contributed by atoms with Crippen LogP contribution in [-0.2, 0) is 0 Å². The number of carbonyl (C=O) groups is 1. The first-order chi connectivity index (χ1) is 7.45. The lowest BCUT2D eigenvalue weighted by molar-refractivity contribution is 0.0895. The number of alkyl halides is 1. The van der Waals surface area contributed by atoms with Crippen molar-refractivity contribution in [1.82, 2.24) is 14.9 Å². The van der Waals surface area contributed by atoms with Crippen molar-refractivity contribution in [3.8, 4) is 0 Å². The number of hydrogen-bond donors (Lipinski definition) is 1. The van der Waals surface area contributed by atoms with Crippen molar-refractivity contribution in [3.05, 3.63) is 11.1 Å². The van der Waals surface area contributed by atoms with Gasteiger partial charge >= 0.3 is 0 Å². The summed E-state index contributed by atoms with van der Waals surface area (Å²) in [6, 6.07) is 0.0409. The average molecular weight is 262 g/mol. The largest absolute Gasteiger partial charge is 0.347 e. The Morgan fingerprint density at radius 2 is 2.31 bits per heavy atom. The van der Waals surface area contributed by atoms with E-state index in [0.717, 1.165) is 6.42 Å². The smallest absolute Gasteiger partial charge is 0.272 e. The van der Waals surface area contributed by atoms with Crippen LogP contribution in [-0.4, -0.2) is 27.4 Å². The lowest BCUT2D eigenvalue weighted by atomic mass is 9.85. The molecule has 0 aliphatic rings. The third-order valence-electron chi connectivity index (χ3n) is 2.34. The van der Waals surface area contributed by atoms with Crippen molar-refractivity contribution in [2.45, 2.75) is 33.2 Å². The maximum Gasteiger partial charge on any atom is 0.272 e. The topological polar surface area (TPSA) is 54.9 Å². The van der Waals surface area contributed by atoms with Crippen LogP contribution in [0.1, 0.15) is 37.7 Å². The summed E-state index contributed by atoms with van der Waals surface area (Å²) in [6.45, 7) is 6.22. The summed E-state index contributed by atoms with van der Waals surface area (Å²) in [5.74, 6) is 0.344. The van der Waals surface area contributed by atoms with Crippen molar-refractivity contribution in [2.75, 3.05) is 5.88 Å². The zero-order valence-electron chi connectivity index (χ0n) is 9.66. The van der Waals surface area contributed by atoms with Gasteiger partial charge < -0.3 is 5.32 Å². The number of nitrogens with one attached hydrogen (secondary N) is 1. The van der Waals surface area contributed by atoms with E-state index in [1.54, 1.807) is 5.38 Å². The summed E-state index contributed by atoms with van der Waals surface area (Å²) in [6.07, 6.45) is 0.744. The maximum atomic E-state index is 11.8. The molecule has 1 atom stereocenters. The molecule has 1 aromatic heterocycles. The molecule has 0 radical (unpaired) electrons. The second-order valence-electron chi connectivity index (χ2n) is 4.66. The quantitative estimate of drug-likeness (QED) is 0.847. The van der Waals surface area contributed by atoms with E-state index < -0.39 is 0 Å². The molecule has 0 saturated carbocycles. The number of hydrogen-bond acceptors (Lipinski definition) is 4. The van der Waals surface area contributed by atoms with Gasteiger partial charge in [-0.15, -0.1) is 16.7 Å². The highest BCUT2D eigenvalue weighted by molar-refractivity contribution is 7.03. The number of nitrogens with zero attached hydrogens (tertiary/aromatic N) is 2. The molecule has 1 rings (SSSR count). The average Bonchev–Trinajstić information content (AvgIpc) is 2.68. The van der Waals surface area contributed by atoms with Gasteiger partial charge in [-0.25, -0.2) is 0 Å². The van der Waals surface area contributed by atoms with Crippen LogP contribution >= 0.6 is 23.1 Å². The Kier molecular flexibility index (Phi) is 4.68. The molecule has 90 valence electrons. The Morgan fingerprint density at radius 1 is 1.62 bits per heavy atom. The molecule has 6 heteroatoms. The first-order valence-corrected chi connectivity index (χ1v) is 6.46. The fourth-order valence-electron chi connectivity index (χ4n) is 1.33. The maximum absolute atomic E-state index is 11.8. The van der Waals surface area contributed by atoms with E-state index in [-0.39, 0.29) is 17.4 Å². The molecule has 1 aromatic rings. The molecular weight excluding hydrogens is 246 g/mol. The molecule has 16 heavy (non-hydrogen) atoms. The lowest BCUT2D eigenvalue weighted by Crippen LogP contribution is -2.44. The highest BCUT2D eigenvalue weighted by atomic mass is 35.5. The molecule has 0 fully saturated rings. The molecular formula is C10H16ClN3OS. The monoisotopic (exact) mass is 261 g/mol. The van der Waals surface area contributed by atoms with E-state index in [9.17, 15) is 4.79 Å². The van der Waals surface area contributed by atoms with Crippen LogP contribution in [0.3, 0.4) is 0 Å². The van der Waals surface area contributed by atoms with Gasteiger partial charge in [-0.1, -0.05) is 25.3 Å². The molecule has 0 saturated heterocycles. The standard InChI is InChI=1S/C10H16ClN3OS/c1-10(2,3)8(4-5-11)12-9(15)7-6-16-14-13-7/h6,8H,4-5H2,1-3H3,(H,12,15). The summed E-state index contributed by atoms with van der Waals surface area (Å²) >= 11 is 6.90. The normalized spacial score (nSPS) is 13.5. The molecule has 0 aliphatic carbocycles. The van der Waals surface area contributed by atoms with Gasteiger partial charge in [0.25, 0.3) is 5.91 Å². The van der Waals surface area contributed by atoms with Crippen molar-refractivity contribution < 1.29 is 4.79 Å². The first kappa shape index (κ1) is 13.4. The molecule has 1 heterocycles. The van der Waals surface area contributed by atoms with Gasteiger partial charge in [0.2, 0.25) is 0 Å². The third kappa shape index (κ3) is 3.72. The fourth-order valence-corrected chi connectivity index (χ4v) is 1.98. The van der Waals surface area contributed by atoms with Crippen molar-refractivity contribution >= 4 is 29.0 Å². The predicted molar refractivity (Wildman–Crippen MR) is 66.0 cm³/mol. The van der Waals surface area contributed by atoms with E-state index in [0.29, 0.717) is 11.6 Å². The SMILES string of the molecule is CC(C)(C)C(CCCl)NC(=O)c1csnn1. The minimum Gasteiger partial charge on any atom is -0.347 e. The van der Waals surface area contributed by atoms with Gasteiger partial charge in [-0.05, 0) is 23.4 Å². The zero-order valence-corrected chi connectivity index (χ0v) is 11.2. The number of rotatable bonds is 4. The second-order valence-corrected chi connectivity index (χ2v) is 5.65. The van der Waals surface area contributed by atoms with E-state index in [2.05, 4.69) is 35.7 Å². The minimum atomic E-state index is -0.182. The van der Waals surface area contributed by atoms with Gasteiger partial charge in [-0.3, -0.25) is 4.79 Å². The molecule has 4 nitrogen and oxygen atoms in total. The van der Waals surface area contributed by atoms with Crippen molar-refractivity contribution in [2.24, 2.45) is 5.41 Å². The van der Waals surface area contributed by atoms with Crippen LogP contribution in [0.5, 0.6) is 0 Å². The Hall–Kier alpha value is -0.680. The van der Waals surface area contributed by atoms with E-state index in [1.807, 2.05) is 0 Å². The van der Waals surface area contributed by atoms with Crippen LogP contribution < -0.4 is 5.32 Å². The Bertz CT molecular complexity index is 334. The van der Waals surface area contributed by atoms with Crippen LogP contribution in [0.15, 0.2) is 5.38 Å². The molecule has 0 spiro atoms. The Labute approximate surface area is 105 Å². The fraction of sp³-hybridized carbons (Fsp3) is 0.700. The summed E-state index contributed by atoms with van der Waals surface area (Å²) in [4.78, 5) is 11.8. The van der Waals surface area contributed by atoms with Crippen molar-refractivity contribution in [3.63, 3.8) is 0 Å². The molecule has 1 unspecified atom stereocenters. The Morgan fingerprint density at radius 3 is 2.75 bits per heavy atom. The molecule has 1 N–H and O–H groups in total. The minimum absolute atomic E-state index is 0.0198.